The van der Waals surface area contributed by atoms with Crippen molar-refractivity contribution in [2.75, 3.05) is 25.0 Å². The van der Waals surface area contributed by atoms with E-state index in [9.17, 15) is 4.79 Å². The van der Waals surface area contributed by atoms with Crippen LogP contribution in [0.4, 0.5) is 0 Å². The fraction of sp³-hybridized carbons (Fsp3) is 0.562. The summed E-state index contributed by atoms with van der Waals surface area (Å²) < 4.78 is 5.59. The van der Waals surface area contributed by atoms with E-state index in [1.54, 1.807) is 0 Å². The van der Waals surface area contributed by atoms with Crippen LogP contribution in [0.1, 0.15) is 25.7 Å². The smallest absolute Gasteiger partial charge is 0.226 e. The second kappa shape index (κ2) is 8.30. The van der Waals surface area contributed by atoms with Crippen LogP contribution in [0, 0.1) is 5.92 Å². The summed E-state index contributed by atoms with van der Waals surface area (Å²) in [7, 11) is 0. The average Bonchev–Trinajstić information content (AvgIpc) is 2.49. The summed E-state index contributed by atoms with van der Waals surface area (Å²) in [6.07, 6.45) is 4.00. The number of piperidine rings is 1. The van der Waals surface area contributed by atoms with Crippen LogP contribution >= 0.6 is 15.9 Å². The zero-order chi connectivity index (χ0) is 14.2. The van der Waals surface area contributed by atoms with Crippen LogP contribution in [0.25, 0.3) is 0 Å². The molecule has 0 aliphatic carbocycles. The number of alkyl halides is 1. The number of hydrogen-bond acceptors (Lipinski definition) is 2. The van der Waals surface area contributed by atoms with Crippen molar-refractivity contribution < 1.29 is 9.53 Å². The molecular formula is C16H22BrNO2. The van der Waals surface area contributed by atoms with Gasteiger partial charge in [-0.05, 0) is 37.3 Å². The molecule has 0 spiro atoms. The molecule has 0 N–H and O–H groups in total. The Bertz CT molecular complexity index is 408. The van der Waals surface area contributed by atoms with E-state index in [0.29, 0.717) is 18.9 Å². The van der Waals surface area contributed by atoms with Gasteiger partial charge in [-0.3, -0.25) is 4.79 Å². The molecule has 0 radical (unpaired) electrons. The Morgan fingerprint density at radius 1 is 1.35 bits per heavy atom. The van der Waals surface area contributed by atoms with Crippen molar-refractivity contribution in [2.24, 2.45) is 5.92 Å². The third kappa shape index (κ3) is 4.82. The zero-order valence-corrected chi connectivity index (χ0v) is 13.3. The van der Waals surface area contributed by atoms with E-state index in [2.05, 4.69) is 15.9 Å². The molecule has 1 aliphatic rings. The van der Waals surface area contributed by atoms with Gasteiger partial charge in [0.2, 0.25) is 5.91 Å². The predicted molar refractivity (Wildman–Crippen MR) is 84.3 cm³/mol. The minimum absolute atomic E-state index is 0.222. The minimum Gasteiger partial charge on any atom is -0.493 e. The molecule has 20 heavy (non-hydrogen) atoms. The molecule has 1 heterocycles. The summed E-state index contributed by atoms with van der Waals surface area (Å²) in [5.41, 5.74) is 0. The molecule has 0 bridgehead atoms. The molecule has 1 unspecified atom stereocenters. The Morgan fingerprint density at radius 3 is 2.90 bits per heavy atom. The first-order chi connectivity index (χ1) is 9.79. The molecular weight excluding hydrogens is 318 g/mol. The first-order valence-corrected chi connectivity index (χ1v) is 8.43. The fourth-order valence-corrected chi connectivity index (χ4v) is 3.26. The van der Waals surface area contributed by atoms with Crippen LogP contribution in [0.3, 0.4) is 0 Å². The number of benzene rings is 1. The number of halogens is 1. The number of carbonyl (C=O) groups is 1. The van der Waals surface area contributed by atoms with E-state index in [1.165, 1.54) is 6.42 Å². The molecule has 1 atom stereocenters. The number of hydrogen-bond donors (Lipinski definition) is 0. The number of amides is 1. The molecule has 1 saturated heterocycles. The van der Waals surface area contributed by atoms with Gasteiger partial charge in [0.15, 0.2) is 0 Å². The molecule has 0 saturated carbocycles. The van der Waals surface area contributed by atoms with Crippen molar-refractivity contribution in [2.45, 2.75) is 25.7 Å². The van der Waals surface area contributed by atoms with Crippen LogP contribution in [0.15, 0.2) is 30.3 Å². The minimum atomic E-state index is 0.222. The first kappa shape index (κ1) is 15.4. The Morgan fingerprint density at radius 2 is 2.15 bits per heavy atom. The van der Waals surface area contributed by atoms with Gasteiger partial charge in [0.05, 0.1) is 13.0 Å². The SMILES string of the molecule is O=C(CCOc1ccccc1)N1CCCC(CCBr)C1. The molecule has 4 heteroatoms. The van der Waals surface area contributed by atoms with E-state index in [4.69, 9.17) is 4.74 Å². The maximum atomic E-state index is 12.2. The summed E-state index contributed by atoms with van der Waals surface area (Å²) in [5, 5.41) is 1.02. The second-order valence-electron chi connectivity index (χ2n) is 5.24. The van der Waals surface area contributed by atoms with Gasteiger partial charge in [0.25, 0.3) is 0 Å². The highest BCUT2D eigenvalue weighted by atomic mass is 79.9. The van der Waals surface area contributed by atoms with Crippen molar-refractivity contribution in [1.82, 2.24) is 4.90 Å². The summed E-state index contributed by atoms with van der Waals surface area (Å²) >= 11 is 3.49. The zero-order valence-electron chi connectivity index (χ0n) is 11.8. The second-order valence-corrected chi connectivity index (χ2v) is 6.03. The van der Waals surface area contributed by atoms with Gasteiger partial charge in [-0.2, -0.15) is 0 Å². The van der Waals surface area contributed by atoms with E-state index in [1.807, 2.05) is 35.2 Å². The molecule has 1 aliphatic heterocycles. The van der Waals surface area contributed by atoms with Gasteiger partial charge in [-0.1, -0.05) is 34.1 Å². The van der Waals surface area contributed by atoms with E-state index in [-0.39, 0.29) is 5.91 Å². The van der Waals surface area contributed by atoms with Crippen molar-refractivity contribution in [3.05, 3.63) is 30.3 Å². The van der Waals surface area contributed by atoms with Gasteiger partial charge in [-0.25, -0.2) is 0 Å². The quantitative estimate of drug-likeness (QED) is 0.742. The van der Waals surface area contributed by atoms with Crippen LogP contribution in [-0.2, 0) is 4.79 Å². The number of ether oxygens (including phenoxy) is 1. The lowest BCUT2D eigenvalue weighted by molar-refractivity contribution is -0.133. The van der Waals surface area contributed by atoms with Crippen molar-refractivity contribution >= 4 is 21.8 Å². The molecule has 3 nitrogen and oxygen atoms in total. The molecule has 2 rings (SSSR count). The summed E-state index contributed by atoms with van der Waals surface area (Å²) in [4.78, 5) is 14.2. The summed E-state index contributed by atoms with van der Waals surface area (Å²) in [6, 6.07) is 9.66. The molecule has 1 aromatic carbocycles. The largest absolute Gasteiger partial charge is 0.493 e. The number of rotatable bonds is 6. The van der Waals surface area contributed by atoms with Crippen LogP contribution in [0.2, 0.25) is 0 Å². The lowest BCUT2D eigenvalue weighted by atomic mass is 9.95. The van der Waals surface area contributed by atoms with Gasteiger partial charge >= 0.3 is 0 Å². The third-order valence-corrected chi connectivity index (χ3v) is 4.17. The van der Waals surface area contributed by atoms with Gasteiger partial charge in [-0.15, -0.1) is 0 Å². The van der Waals surface area contributed by atoms with Gasteiger partial charge in [0, 0.05) is 18.4 Å². The maximum absolute atomic E-state index is 12.2. The van der Waals surface area contributed by atoms with Crippen molar-refractivity contribution in [3.63, 3.8) is 0 Å². The lowest BCUT2D eigenvalue weighted by Gasteiger charge is -2.32. The molecule has 1 aromatic rings. The Labute approximate surface area is 129 Å². The molecule has 0 aromatic heterocycles. The highest BCUT2D eigenvalue weighted by Gasteiger charge is 2.22. The van der Waals surface area contributed by atoms with Crippen LogP contribution < -0.4 is 4.74 Å². The van der Waals surface area contributed by atoms with Gasteiger partial charge in [0.1, 0.15) is 5.75 Å². The van der Waals surface area contributed by atoms with Crippen LogP contribution in [0.5, 0.6) is 5.75 Å². The highest BCUT2D eigenvalue weighted by molar-refractivity contribution is 9.09. The monoisotopic (exact) mass is 339 g/mol. The lowest BCUT2D eigenvalue weighted by Crippen LogP contribution is -2.40. The summed E-state index contributed by atoms with van der Waals surface area (Å²) in [5.74, 6) is 1.71. The van der Waals surface area contributed by atoms with Crippen molar-refractivity contribution in [3.8, 4) is 5.75 Å². The van der Waals surface area contributed by atoms with E-state index in [0.717, 1.165) is 37.0 Å². The fourth-order valence-electron chi connectivity index (χ4n) is 2.61. The highest BCUT2D eigenvalue weighted by Crippen LogP contribution is 2.21. The topological polar surface area (TPSA) is 29.5 Å². The van der Waals surface area contributed by atoms with E-state index < -0.39 is 0 Å². The number of nitrogens with zero attached hydrogens (tertiary/aromatic N) is 1. The normalized spacial score (nSPS) is 18.9. The number of para-hydroxylation sites is 1. The Kier molecular flexibility index (Phi) is 6.37. The predicted octanol–water partition coefficient (Wildman–Crippen LogP) is 3.48. The van der Waals surface area contributed by atoms with Crippen LogP contribution in [-0.4, -0.2) is 35.8 Å². The number of carbonyl (C=O) groups excluding carboxylic acids is 1. The molecule has 1 amide bonds. The van der Waals surface area contributed by atoms with E-state index >= 15 is 0 Å². The van der Waals surface area contributed by atoms with Crippen molar-refractivity contribution in [1.29, 1.82) is 0 Å². The third-order valence-electron chi connectivity index (χ3n) is 3.72. The average molecular weight is 340 g/mol. The molecule has 1 fully saturated rings. The first-order valence-electron chi connectivity index (χ1n) is 7.31. The standard InChI is InChI=1S/C16H22BrNO2/c17-10-8-14-5-4-11-18(13-14)16(19)9-12-20-15-6-2-1-3-7-15/h1-3,6-7,14H,4-5,8-13H2. The Balaban J connectivity index is 1.71. The Hall–Kier alpha value is -1.03. The molecule has 110 valence electrons. The summed E-state index contributed by atoms with van der Waals surface area (Å²) in [6.45, 7) is 2.28. The number of likely N-dealkylation sites (tertiary alicyclic amines) is 1. The van der Waals surface area contributed by atoms with Gasteiger partial charge < -0.3 is 9.64 Å². The maximum Gasteiger partial charge on any atom is 0.226 e.